The molecule has 2 rings (SSSR count). The Balaban J connectivity index is 1.71. The Kier molecular flexibility index (Phi) is 7.16. The third-order valence-corrected chi connectivity index (χ3v) is 4.43. The van der Waals surface area contributed by atoms with Crippen molar-refractivity contribution >= 4 is 34.8 Å². The predicted octanol–water partition coefficient (Wildman–Crippen LogP) is 0.312. The van der Waals surface area contributed by atoms with Crippen molar-refractivity contribution in [3.63, 3.8) is 0 Å². The number of thiophene rings is 1. The summed E-state index contributed by atoms with van der Waals surface area (Å²) < 4.78 is 9.88. The Hall–Kier alpha value is -1.97. The Morgan fingerprint density at radius 1 is 1.29 bits per heavy atom. The molecule has 0 unspecified atom stereocenters. The zero-order valence-electron chi connectivity index (χ0n) is 13.5. The van der Waals surface area contributed by atoms with Gasteiger partial charge < -0.3 is 20.1 Å². The van der Waals surface area contributed by atoms with Crippen molar-refractivity contribution in [3.8, 4) is 0 Å². The van der Waals surface area contributed by atoms with Crippen molar-refractivity contribution < 1.29 is 23.9 Å². The summed E-state index contributed by atoms with van der Waals surface area (Å²) in [6.07, 6.45) is 0.755. The first-order chi connectivity index (χ1) is 11.6. The molecule has 0 atom stereocenters. The normalized spacial score (nSPS) is 14.9. The molecule has 2 N–H and O–H groups in total. The first-order valence-electron chi connectivity index (χ1n) is 7.67. The Labute approximate surface area is 144 Å². The number of hydrogen-bond donors (Lipinski definition) is 2. The van der Waals surface area contributed by atoms with E-state index in [9.17, 15) is 14.4 Å². The van der Waals surface area contributed by atoms with E-state index in [1.165, 1.54) is 7.11 Å². The van der Waals surface area contributed by atoms with E-state index < -0.39 is 17.8 Å². The monoisotopic (exact) mass is 355 g/mol. The SMILES string of the molecule is COC(=O)c1sccc1NC(=O)C(=O)NCCCN1CCOCC1. The fraction of sp³-hybridized carbons (Fsp3) is 0.533. The van der Waals surface area contributed by atoms with Gasteiger partial charge in [-0.3, -0.25) is 14.5 Å². The molecule has 132 valence electrons. The average Bonchev–Trinajstić information content (AvgIpc) is 3.06. The van der Waals surface area contributed by atoms with Gasteiger partial charge in [-0.15, -0.1) is 11.3 Å². The smallest absolute Gasteiger partial charge is 0.350 e. The quantitative estimate of drug-likeness (QED) is 0.433. The molecular weight excluding hydrogens is 334 g/mol. The van der Waals surface area contributed by atoms with Gasteiger partial charge in [0.15, 0.2) is 0 Å². The van der Waals surface area contributed by atoms with E-state index in [1.807, 2.05) is 0 Å². The second kappa shape index (κ2) is 9.36. The molecule has 0 aromatic carbocycles. The van der Waals surface area contributed by atoms with Crippen LogP contribution in [-0.4, -0.2) is 69.2 Å². The maximum absolute atomic E-state index is 11.9. The molecule has 1 saturated heterocycles. The lowest BCUT2D eigenvalue weighted by molar-refractivity contribution is -0.136. The Bertz CT molecular complexity index is 583. The first kappa shape index (κ1) is 18.4. The molecule has 1 aliphatic rings. The number of morpholine rings is 1. The summed E-state index contributed by atoms with van der Waals surface area (Å²) in [5, 5.41) is 6.64. The fourth-order valence-corrected chi connectivity index (χ4v) is 3.01. The van der Waals surface area contributed by atoms with Crippen LogP contribution >= 0.6 is 11.3 Å². The van der Waals surface area contributed by atoms with Crippen LogP contribution < -0.4 is 10.6 Å². The summed E-state index contributed by atoms with van der Waals surface area (Å²) in [6.45, 7) is 4.51. The molecule has 9 heteroatoms. The number of anilines is 1. The van der Waals surface area contributed by atoms with E-state index in [1.54, 1.807) is 11.4 Å². The molecule has 24 heavy (non-hydrogen) atoms. The van der Waals surface area contributed by atoms with Gasteiger partial charge in [0.1, 0.15) is 4.88 Å². The minimum absolute atomic E-state index is 0.256. The van der Waals surface area contributed by atoms with Crippen molar-refractivity contribution in [1.29, 1.82) is 0 Å². The fourth-order valence-electron chi connectivity index (χ4n) is 2.25. The summed E-state index contributed by atoms with van der Waals surface area (Å²) in [5.74, 6) is -2.07. The summed E-state index contributed by atoms with van der Waals surface area (Å²) in [5.41, 5.74) is 0.278. The summed E-state index contributed by atoms with van der Waals surface area (Å²) in [4.78, 5) is 37.7. The minimum atomic E-state index is -0.801. The van der Waals surface area contributed by atoms with Gasteiger partial charge in [-0.25, -0.2) is 4.79 Å². The van der Waals surface area contributed by atoms with Gasteiger partial charge >= 0.3 is 17.8 Å². The number of carbonyl (C=O) groups excluding carboxylic acids is 3. The second-order valence-electron chi connectivity index (χ2n) is 5.17. The van der Waals surface area contributed by atoms with Gasteiger partial charge in [-0.1, -0.05) is 0 Å². The highest BCUT2D eigenvalue weighted by molar-refractivity contribution is 7.12. The van der Waals surface area contributed by atoms with E-state index in [2.05, 4.69) is 20.3 Å². The molecule has 0 spiro atoms. The van der Waals surface area contributed by atoms with Crippen LogP contribution in [0.5, 0.6) is 0 Å². The zero-order valence-corrected chi connectivity index (χ0v) is 14.3. The summed E-state index contributed by atoms with van der Waals surface area (Å²) >= 11 is 1.14. The Morgan fingerprint density at radius 3 is 2.75 bits per heavy atom. The first-order valence-corrected chi connectivity index (χ1v) is 8.55. The minimum Gasteiger partial charge on any atom is -0.465 e. The van der Waals surface area contributed by atoms with Crippen molar-refractivity contribution in [2.45, 2.75) is 6.42 Å². The van der Waals surface area contributed by atoms with Crippen LogP contribution in [-0.2, 0) is 19.1 Å². The lowest BCUT2D eigenvalue weighted by atomic mass is 10.3. The molecule has 0 radical (unpaired) electrons. The number of amides is 2. The molecule has 1 aromatic heterocycles. The van der Waals surface area contributed by atoms with Gasteiger partial charge in [-0.2, -0.15) is 0 Å². The molecule has 0 saturated carbocycles. The van der Waals surface area contributed by atoms with Crippen LogP contribution in [0.2, 0.25) is 0 Å². The third-order valence-electron chi connectivity index (χ3n) is 3.53. The Morgan fingerprint density at radius 2 is 2.04 bits per heavy atom. The number of nitrogens with one attached hydrogen (secondary N) is 2. The predicted molar refractivity (Wildman–Crippen MR) is 89.2 cm³/mol. The molecule has 1 aromatic rings. The lowest BCUT2D eigenvalue weighted by Crippen LogP contribution is -2.39. The van der Waals surface area contributed by atoms with Crippen molar-refractivity contribution in [1.82, 2.24) is 10.2 Å². The molecular formula is C15H21N3O5S. The molecule has 1 aliphatic heterocycles. The van der Waals surface area contributed by atoms with Crippen LogP contribution in [0.15, 0.2) is 11.4 Å². The van der Waals surface area contributed by atoms with E-state index in [4.69, 9.17) is 4.74 Å². The van der Waals surface area contributed by atoms with Gasteiger partial charge in [-0.05, 0) is 24.4 Å². The third kappa shape index (κ3) is 5.29. The number of rotatable bonds is 6. The van der Waals surface area contributed by atoms with Crippen LogP contribution in [0.1, 0.15) is 16.1 Å². The van der Waals surface area contributed by atoms with Gasteiger partial charge in [0.2, 0.25) is 0 Å². The molecule has 2 amide bonds. The maximum Gasteiger partial charge on any atom is 0.350 e. The van der Waals surface area contributed by atoms with Gasteiger partial charge in [0, 0.05) is 19.6 Å². The van der Waals surface area contributed by atoms with E-state index in [0.717, 1.165) is 50.6 Å². The lowest BCUT2D eigenvalue weighted by Gasteiger charge is -2.26. The number of hydrogen-bond acceptors (Lipinski definition) is 7. The summed E-state index contributed by atoms with van der Waals surface area (Å²) in [7, 11) is 1.26. The topological polar surface area (TPSA) is 97.0 Å². The van der Waals surface area contributed by atoms with E-state index in [0.29, 0.717) is 6.54 Å². The number of carbonyl (C=O) groups is 3. The van der Waals surface area contributed by atoms with Gasteiger partial charge in [0.05, 0.1) is 26.0 Å². The number of nitrogens with zero attached hydrogens (tertiary/aromatic N) is 1. The highest BCUT2D eigenvalue weighted by Gasteiger charge is 2.19. The zero-order chi connectivity index (χ0) is 17.4. The molecule has 2 heterocycles. The van der Waals surface area contributed by atoms with Crippen molar-refractivity contribution in [2.75, 3.05) is 51.8 Å². The molecule has 0 aliphatic carbocycles. The highest BCUT2D eigenvalue weighted by Crippen LogP contribution is 2.22. The van der Waals surface area contributed by atoms with Crippen LogP contribution in [0, 0.1) is 0 Å². The van der Waals surface area contributed by atoms with E-state index in [-0.39, 0.29) is 10.6 Å². The highest BCUT2D eigenvalue weighted by atomic mass is 32.1. The molecule has 8 nitrogen and oxygen atoms in total. The van der Waals surface area contributed by atoms with Crippen LogP contribution in [0.4, 0.5) is 5.69 Å². The van der Waals surface area contributed by atoms with Crippen LogP contribution in [0.3, 0.4) is 0 Å². The second-order valence-corrected chi connectivity index (χ2v) is 6.09. The van der Waals surface area contributed by atoms with E-state index >= 15 is 0 Å². The number of ether oxygens (including phenoxy) is 2. The maximum atomic E-state index is 11.9. The van der Waals surface area contributed by atoms with Crippen LogP contribution in [0.25, 0.3) is 0 Å². The van der Waals surface area contributed by atoms with Crippen molar-refractivity contribution in [2.24, 2.45) is 0 Å². The van der Waals surface area contributed by atoms with Crippen molar-refractivity contribution in [3.05, 3.63) is 16.3 Å². The molecule has 0 bridgehead atoms. The largest absolute Gasteiger partial charge is 0.465 e. The number of methoxy groups -OCH3 is 1. The summed E-state index contributed by atoms with van der Waals surface area (Å²) in [6, 6.07) is 1.56. The average molecular weight is 355 g/mol. The molecule has 1 fully saturated rings. The number of esters is 1. The van der Waals surface area contributed by atoms with Gasteiger partial charge in [0.25, 0.3) is 0 Å². The standard InChI is InChI=1S/C15H21N3O5S/c1-22-15(21)12-11(3-10-24-12)17-14(20)13(19)16-4-2-5-18-6-8-23-9-7-18/h3,10H,2,4-9H2,1H3,(H,16,19)(H,17,20).